The first-order chi connectivity index (χ1) is 9.29. The summed E-state index contributed by atoms with van der Waals surface area (Å²) in [5.74, 6) is 1.76. The molecule has 0 spiro atoms. The van der Waals surface area contributed by atoms with Crippen molar-refractivity contribution in [2.24, 2.45) is 5.73 Å². The van der Waals surface area contributed by atoms with Crippen LogP contribution in [0.25, 0.3) is 10.8 Å². The molecule has 3 heteroatoms. The SMILES string of the molecule is CCc1ccc(C(N)c2cccc3ccncc23)o1. The summed E-state index contributed by atoms with van der Waals surface area (Å²) in [7, 11) is 0. The number of aryl methyl sites for hydroxylation is 1. The molecule has 0 bridgehead atoms. The molecule has 0 fully saturated rings. The van der Waals surface area contributed by atoms with Gasteiger partial charge in [-0.1, -0.05) is 25.1 Å². The van der Waals surface area contributed by atoms with Crippen LogP contribution in [0.4, 0.5) is 0 Å². The maximum absolute atomic E-state index is 6.33. The van der Waals surface area contributed by atoms with Gasteiger partial charge in [0.25, 0.3) is 0 Å². The van der Waals surface area contributed by atoms with E-state index < -0.39 is 0 Å². The Morgan fingerprint density at radius 1 is 1.21 bits per heavy atom. The van der Waals surface area contributed by atoms with Crippen LogP contribution >= 0.6 is 0 Å². The quantitative estimate of drug-likeness (QED) is 0.776. The minimum atomic E-state index is -0.256. The van der Waals surface area contributed by atoms with Gasteiger partial charge in [0.2, 0.25) is 0 Å². The Hall–Kier alpha value is -2.13. The Morgan fingerprint density at radius 2 is 2.11 bits per heavy atom. The average molecular weight is 252 g/mol. The van der Waals surface area contributed by atoms with Gasteiger partial charge in [-0.05, 0) is 29.1 Å². The maximum atomic E-state index is 6.33. The lowest BCUT2D eigenvalue weighted by atomic mass is 9.99. The van der Waals surface area contributed by atoms with Gasteiger partial charge in [-0.2, -0.15) is 0 Å². The summed E-state index contributed by atoms with van der Waals surface area (Å²) in [5, 5.41) is 2.22. The topological polar surface area (TPSA) is 52.0 Å². The van der Waals surface area contributed by atoms with Gasteiger partial charge in [0.15, 0.2) is 0 Å². The second kappa shape index (κ2) is 4.86. The standard InChI is InChI=1S/C16H16N2O/c1-2-12-6-7-15(19-12)16(17)13-5-3-4-11-8-9-18-10-14(11)13/h3-10,16H,2,17H2,1H3. The molecule has 1 aromatic carbocycles. The number of hydrogen-bond donors (Lipinski definition) is 1. The van der Waals surface area contributed by atoms with E-state index in [4.69, 9.17) is 10.2 Å². The summed E-state index contributed by atoms with van der Waals surface area (Å²) in [4.78, 5) is 4.18. The summed E-state index contributed by atoms with van der Waals surface area (Å²) in [6.45, 7) is 2.07. The van der Waals surface area contributed by atoms with Gasteiger partial charge < -0.3 is 10.2 Å². The highest BCUT2D eigenvalue weighted by atomic mass is 16.3. The van der Waals surface area contributed by atoms with Crippen molar-refractivity contribution < 1.29 is 4.42 Å². The van der Waals surface area contributed by atoms with E-state index in [1.165, 1.54) is 0 Å². The third-order valence-electron chi connectivity index (χ3n) is 3.39. The van der Waals surface area contributed by atoms with Gasteiger partial charge in [-0.3, -0.25) is 4.98 Å². The van der Waals surface area contributed by atoms with E-state index in [0.29, 0.717) is 0 Å². The van der Waals surface area contributed by atoms with Gasteiger partial charge in [0.1, 0.15) is 11.5 Å². The highest BCUT2D eigenvalue weighted by molar-refractivity contribution is 5.85. The van der Waals surface area contributed by atoms with Crippen LogP contribution in [-0.4, -0.2) is 4.98 Å². The average Bonchev–Trinajstić information content (AvgIpc) is 2.95. The molecule has 1 atom stereocenters. The lowest BCUT2D eigenvalue weighted by Crippen LogP contribution is -2.11. The monoisotopic (exact) mass is 252 g/mol. The summed E-state index contributed by atoms with van der Waals surface area (Å²) >= 11 is 0. The van der Waals surface area contributed by atoms with Gasteiger partial charge in [0.05, 0.1) is 6.04 Å². The molecule has 0 amide bonds. The van der Waals surface area contributed by atoms with Crippen molar-refractivity contribution in [3.63, 3.8) is 0 Å². The van der Waals surface area contributed by atoms with Crippen molar-refractivity contribution in [1.29, 1.82) is 0 Å². The molecular weight excluding hydrogens is 236 g/mol. The van der Waals surface area contributed by atoms with E-state index >= 15 is 0 Å². The molecule has 0 saturated heterocycles. The van der Waals surface area contributed by atoms with Crippen molar-refractivity contribution >= 4 is 10.8 Å². The maximum Gasteiger partial charge on any atom is 0.125 e. The molecular formula is C16H16N2O. The second-order valence-corrected chi connectivity index (χ2v) is 4.58. The molecule has 3 nitrogen and oxygen atoms in total. The fraction of sp³-hybridized carbons (Fsp3) is 0.188. The molecule has 0 aliphatic carbocycles. The Bertz CT molecular complexity index is 697. The first kappa shape index (κ1) is 11.9. The Balaban J connectivity index is 2.08. The molecule has 2 heterocycles. The van der Waals surface area contributed by atoms with Crippen LogP contribution in [0, 0.1) is 0 Å². The Morgan fingerprint density at radius 3 is 2.89 bits per heavy atom. The van der Waals surface area contributed by atoms with Crippen molar-refractivity contribution in [3.8, 4) is 0 Å². The molecule has 0 saturated carbocycles. The second-order valence-electron chi connectivity index (χ2n) is 4.58. The minimum absolute atomic E-state index is 0.256. The number of furan rings is 1. The zero-order chi connectivity index (χ0) is 13.2. The lowest BCUT2D eigenvalue weighted by Gasteiger charge is -2.12. The number of fused-ring (bicyclic) bond motifs is 1. The number of rotatable bonds is 3. The molecule has 0 aliphatic heterocycles. The first-order valence-corrected chi connectivity index (χ1v) is 6.46. The summed E-state index contributed by atoms with van der Waals surface area (Å²) < 4.78 is 5.75. The molecule has 0 radical (unpaired) electrons. The fourth-order valence-corrected chi connectivity index (χ4v) is 2.31. The van der Waals surface area contributed by atoms with E-state index in [2.05, 4.69) is 18.0 Å². The van der Waals surface area contributed by atoms with Gasteiger partial charge in [0, 0.05) is 24.2 Å². The summed E-state index contributed by atoms with van der Waals surface area (Å²) in [6.07, 6.45) is 4.53. The molecule has 3 rings (SSSR count). The highest BCUT2D eigenvalue weighted by Crippen LogP contribution is 2.27. The van der Waals surface area contributed by atoms with Crippen LogP contribution in [0.3, 0.4) is 0 Å². The summed E-state index contributed by atoms with van der Waals surface area (Å²) in [6, 6.07) is 11.8. The van der Waals surface area contributed by atoms with Gasteiger partial charge in [-0.25, -0.2) is 0 Å². The minimum Gasteiger partial charge on any atom is -0.464 e. The van der Waals surface area contributed by atoms with E-state index in [0.717, 1.165) is 34.3 Å². The van der Waals surface area contributed by atoms with Crippen molar-refractivity contribution in [2.75, 3.05) is 0 Å². The zero-order valence-corrected chi connectivity index (χ0v) is 10.8. The lowest BCUT2D eigenvalue weighted by molar-refractivity contribution is 0.454. The molecule has 0 aliphatic rings. The van der Waals surface area contributed by atoms with Crippen molar-refractivity contribution in [1.82, 2.24) is 4.98 Å². The van der Waals surface area contributed by atoms with Crippen LogP contribution in [-0.2, 0) is 6.42 Å². The number of hydrogen-bond acceptors (Lipinski definition) is 3. The smallest absolute Gasteiger partial charge is 0.125 e. The van der Waals surface area contributed by atoms with Gasteiger partial charge >= 0.3 is 0 Å². The molecule has 19 heavy (non-hydrogen) atoms. The fourth-order valence-electron chi connectivity index (χ4n) is 2.31. The van der Waals surface area contributed by atoms with Crippen LogP contribution in [0.15, 0.2) is 53.2 Å². The van der Waals surface area contributed by atoms with Crippen LogP contribution in [0.5, 0.6) is 0 Å². The van der Waals surface area contributed by atoms with E-state index in [9.17, 15) is 0 Å². The molecule has 2 N–H and O–H groups in total. The Kier molecular flexibility index (Phi) is 3.05. The predicted molar refractivity (Wildman–Crippen MR) is 75.9 cm³/mol. The number of pyridine rings is 1. The third kappa shape index (κ3) is 2.13. The van der Waals surface area contributed by atoms with Crippen LogP contribution in [0.2, 0.25) is 0 Å². The number of nitrogens with two attached hydrogens (primary N) is 1. The Labute approximate surface area is 112 Å². The number of aromatic nitrogens is 1. The first-order valence-electron chi connectivity index (χ1n) is 6.46. The van der Waals surface area contributed by atoms with Gasteiger partial charge in [-0.15, -0.1) is 0 Å². The van der Waals surface area contributed by atoms with E-state index in [1.54, 1.807) is 6.20 Å². The van der Waals surface area contributed by atoms with Crippen molar-refractivity contribution in [2.45, 2.75) is 19.4 Å². The molecule has 2 aromatic heterocycles. The van der Waals surface area contributed by atoms with Crippen molar-refractivity contribution in [3.05, 3.63) is 65.9 Å². The van der Waals surface area contributed by atoms with E-state index in [-0.39, 0.29) is 6.04 Å². The zero-order valence-electron chi connectivity index (χ0n) is 10.8. The molecule has 96 valence electrons. The van der Waals surface area contributed by atoms with Crippen LogP contribution in [0.1, 0.15) is 30.0 Å². The largest absolute Gasteiger partial charge is 0.464 e. The highest BCUT2D eigenvalue weighted by Gasteiger charge is 2.15. The normalized spacial score (nSPS) is 12.7. The molecule has 3 aromatic rings. The molecule has 1 unspecified atom stereocenters. The van der Waals surface area contributed by atoms with E-state index in [1.807, 2.05) is 36.5 Å². The predicted octanol–water partition coefficient (Wildman–Crippen LogP) is 3.44. The number of benzene rings is 1. The third-order valence-corrected chi connectivity index (χ3v) is 3.39. The van der Waals surface area contributed by atoms with Crippen LogP contribution < -0.4 is 5.73 Å². The number of nitrogens with zero attached hydrogens (tertiary/aromatic N) is 1. The summed E-state index contributed by atoms with van der Waals surface area (Å²) in [5.41, 5.74) is 7.37.